The van der Waals surface area contributed by atoms with Crippen molar-refractivity contribution in [1.82, 2.24) is 10.1 Å². The molecular weight excluding hydrogens is 242 g/mol. The van der Waals surface area contributed by atoms with E-state index in [2.05, 4.69) is 10.1 Å². The summed E-state index contributed by atoms with van der Waals surface area (Å²) in [5.41, 5.74) is 6.47. The zero-order valence-corrected chi connectivity index (χ0v) is 9.76. The Morgan fingerprint density at radius 2 is 2.18 bits per heavy atom. The van der Waals surface area contributed by atoms with Crippen molar-refractivity contribution in [2.45, 2.75) is 12.5 Å². The Bertz CT molecular complexity index is 501. The summed E-state index contributed by atoms with van der Waals surface area (Å²) in [5, 5.41) is 13.3. The lowest BCUT2D eigenvalue weighted by Gasteiger charge is -2.00. The van der Waals surface area contributed by atoms with E-state index >= 15 is 0 Å². The van der Waals surface area contributed by atoms with Crippen LogP contribution in [-0.4, -0.2) is 21.9 Å². The van der Waals surface area contributed by atoms with Crippen molar-refractivity contribution in [1.29, 1.82) is 0 Å². The lowest BCUT2D eigenvalue weighted by Crippen LogP contribution is -2.14. The van der Waals surface area contributed by atoms with E-state index < -0.39 is 6.04 Å². The molecule has 1 heterocycles. The normalized spacial score (nSPS) is 12.6. The molecule has 90 valence electrons. The second-order valence-electron chi connectivity index (χ2n) is 3.61. The van der Waals surface area contributed by atoms with Crippen molar-refractivity contribution >= 4 is 11.6 Å². The van der Waals surface area contributed by atoms with Crippen molar-refractivity contribution < 1.29 is 9.63 Å². The number of rotatable bonds is 4. The molecule has 3 N–H and O–H groups in total. The van der Waals surface area contributed by atoms with Gasteiger partial charge in [0.2, 0.25) is 5.89 Å². The highest BCUT2D eigenvalue weighted by Gasteiger charge is 2.14. The van der Waals surface area contributed by atoms with Crippen LogP contribution >= 0.6 is 11.6 Å². The highest BCUT2D eigenvalue weighted by atomic mass is 35.5. The second-order valence-corrected chi connectivity index (χ2v) is 4.01. The fourth-order valence-corrected chi connectivity index (χ4v) is 1.58. The summed E-state index contributed by atoms with van der Waals surface area (Å²) in [5.74, 6) is 0.728. The minimum Gasteiger partial charge on any atom is -0.394 e. The number of hydrogen-bond acceptors (Lipinski definition) is 5. The molecule has 2 aromatic rings. The van der Waals surface area contributed by atoms with Crippen LogP contribution in [0.3, 0.4) is 0 Å². The lowest BCUT2D eigenvalue weighted by atomic mass is 10.1. The number of aliphatic hydroxyl groups excluding tert-OH is 1. The number of nitrogens with zero attached hydrogens (tertiary/aromatic N) is 2. The van der Waals surface area contributed by atoms with Crippen LogP contribution in [0.2, 0.25) is 5.02 Å². The summed E-state index contributed by atoms with van der Waals surface area (Å²) in [6.45, 7) is -0.228. The van der Waals surface area contributed by atoms with E-state index in [0.29, 0.717) is 17.3 Å². The largest absolute Gasteiger partial charge is 0.394 e. The summed E-state index contributed by atoms with van der Waals surface area (Å²) >= 11 is 6.02. The minimum atomic E-state index is -0.637. The first-order valence-electron chi connectivity index (χ1n) is 5.13. The molecular formula is C11H12ClN3O2. The third-order valence-corrected chi connectivity index (χ3v) is 2.67. The maximum absolute atomic E-state index is 8.86. The van der Waals surface area contributed by atoms with Gasteiger partial charge in [-0.1, -0.05) is 35.0 Å². The van der Waals surface area contributed by atoms with Gasteiger partial charge in [0.15, 0.2) is 5.82 Å². The molecule has 17 heavy (non-hydrogen) atoms. The minimum absolute atomic E-state index is 0.228. The van der Waals surface area contributed by atoms with Gasteiger partial charge in [-0.2, -0.15) is 4.98 Å². The molecule has 1 atom stereocenters. The highest BCUT2D eigenvalue weighted by molar-refractivity contribution is 6.31. The summed E-state index contributed by atoms with van der Waals surface area (Å²) in [4.78, 5) is 4.10. The molecule has 2 rings (SSSR count). The summed E-state index contributed by atoms with van der Waals surface area (Å²) in [6.07, 6.45) is 0.474. The smallest absolute Gasteiger partial charge is 0.245 e. The summed E-state index contributed by atoms with van der Waals surface area (Å²) in [6, 6.07) is 6.81. The van der Waals surface area contributed by atoms with Gasteiger partial charge in [-0.15, -0.1) is 0 Å². The molecule has 0 aliphatic carbocycles. The van der Waals surface area contributed by atoms with Crippen LogP contribution in [0.4, 0.5) is 0 Å². The molecule has 1 aromatic carbocycles. The van der Waals surface area contributed by atoms with E-state index in [1.165, 1.54) is 0 Å². The van der Waals surface area contributed by atoms with Crippen LogP contribution < -0.4 is 5.73 Å². The van der Waals surface area contributed by atoms with Crippen molar-refractivity contribution in [2.75, 3.05) is 6.61 Å². The van der Waals surface area contributed by atoms with Gasteiger partial charge in [-0.25, -0.2) is 0 Å². The molecule has 0 spiro atoms. The molecule has 0 bridgehead atoms. The average Bonchev–Trinajstić information content (AvgIpc) is 2.80. The predicted octanol–water partition coefficient (Wildman–Crippen LogP) is 1.31. The summed E-state index contributed by atoms with van der Waals surface area (Å²) in [7, 11) is 0. The van der Waals surface area contributed by atoms with E-state index in [1.54, 1.807) is 6.07 Å². The van der Waals surface area contributed by atoms with Crippen molar-refractivity contribution in [2.24, 2.45) is 5.73 Å². The van der Waals surface area contributed by atoms with Gasteiger partial charge >= 0.3 is 0 Å². The average molecular weight is 254 g/mol. The van der Waals surface area contributed by atoms with E-state index in [9.17, 15) is 0 Å². The topological polar surface area (TPSA) is 85.2 Å². The standard InChI is InChI=1S/C11H12ClN3O2/c12-8-4-2-1-3-7(8)5-10-14-11(17-15-10)9(13)6-16/h1-4,9,16H,5-6,13H2. The monoisotopic (exact) mass is 253 g/mol. The Balaban J connectivity index is 2.14. The van der Waals surface area contributed by atoms with Crippen molar-refractivity contribution in [3.63, 3.8) is 0 Å². The third kappa shape index (κ3) is 2.82. The number of aromatic nitrogens is 2. The van der Waals surface area contributed by atoms with Crippen LogP contribution in [0.1, 0.15) is 23.3 Å². The Morgan fingerprint density at radius 1 is 1.41 bits per heavy atom. The van der Waals surface area contributed by atoms with Crippen LogP contribution in [0.15, 0.2) is 28.8 Å². The van der Waals surface area contributed by atoms with Crippen LogP contribution in [0, 0.1) is 0 Å². The molecule has 1 unspecified atom stereocenters. The van der Waals surface area contributed by atoms with E-state index in [4.69, 9.17) is 27.0 Å². The number of halogens is 1. The fraction of sp³-hybridized carbons (Fsp3) is 0.273. The Kier molecular flexibility index (Phi) is 3.73. The molecule has 0 aliphatic rings. The molecule has 1 aromatic heterocycles. The number of hydrogen-bond donors (Lipinski definition) is 2. The SMILES string of the molecule is NC(CO)c1nc(Cc2ccccc2Cl)no1. The highest BCUT2D eigenvalue weighted by Crippen LogP contribution is 2.18. The maximum atomic E-state index is 8.86. The Morgan fingerprint density at radius 3 is 2.88 bits per heavy atom. The molecule has 6 heteroatoms. The van der Waals surface area contributed by atoms with Crippen molar-refractivity contribution in [3.05, 3.63) is 46.6 Å². The van der Waals surface area contributed by atoms with Crippen LogP contribution in [0.25, 0.3) is 0 Å². The maximum Gasteiger partial charge on any atom is 0.245 e. The molecule has 0 saturated heterocycles. The Hall–Kier alpha value is -1.43. The number of nitrogens with two attached hydrogens (primary N) is 1. The molecule has 0 aliphatic heterocycles. The van der Waals surface area contributed by atoms with Crippen LogP contribution in [-0.2, 0) is 6.42 Å². The zero-order chi connectivity index (χ0) is 12.3. The third-order valence-electron chi connectivity index (χ3n) is 2.30. The van der Waals surface area contributed by atoms with E-state index in [1.807, 2.05) is 18.2 Å². The Labute approximate surface area is 103 Å². The number of benzene rings is 1. The van der Waals surface area contributed by atoms with Gasteiger partial charge in [0.25, 0.3) is 0 Å². The predicted molar refractivity (Wildman–Crippen MR) is 62.6 cm³/mol. The van der Waals surface area contributed by atoms with Gasteiger partial charge in [-0.3, -0.25) is 0 Å². The van der Waals surface area contributed by atoms with Crippen molar-refractivity contribution in [3.8, 4) is 0 Å². The first-order valence-corrected chi connectivity index (χ1v) is 5.51. The van der Waals surface area contributed by atoms with Gasteiger partial charge in [-0.05, 0) is 11.6 Å². The van der Waals surface area contributed by atoms with Gasteiger partial charge < -0.3 is 15.4 Å². The molecule has 0 amide bonds. The van der Waals surface area contributed by atoms with Gasteiger partial charge in [0.05, 0.1) is 6.61 Å². The second kappa shape index (κ2) is 5.27. The molecule has 0 saturated carbocycles. The van der Waals surface area contributed by atoms with E-state index in [-0.39, 0.29) is 12.5 Å². The first kappa shape index (κ1) is 12.0. The van der Waals surface area contributed by atoms with Gasteiger partial charge in [0, 0.05) is 11.4 Å². The number of aliphatic hydroxyl groups is 1. The van der Waals surface area contributed by atoms with E-state index in [0.717, 1.165) is 5.56 Å². The first-order chi connectivity index (χ1) is 8.20. The molecule has 0 radical (unpaired) electrons. The van der Waals surface area contributed by atoms with Crippen LogP contribution in [0.5, 0.6) is 0 Å². The fourth-order valence-electron chi connectivity index (χ4n) is 1.38. The molecule has 5 nitrogen and oxygen atoms in total. The summed E-state index contributed by atoms with van der Waals surface area (Å²) < 4.78 is 4.94. The quantitative estimate of drug-likeness (QED) is 0.858. The van der Waals surface area contributed by atoms with Gasteiger partial charge in [0.1, 0.15) is 6.04 Å². The lowest BCUT2D eigenvalue weighted by molar-refractivity contribution is 0.236. The molecule has 0 fully saturated rings. The zero-order valence-electron chi connectivity index (χ0n) is 9.01.